The molecule has 1 saturated heterocycles. The van der Waals surface area contributed by atoms with Crippen molar-refractivity contribution in [2.45, 2.75) is 43.3 Å². The molecule has 0 spiro atoms. The third-order valence-electron chi connectivity index (χ3n) is 8.73. The highest BCUT2D eigenvalue weighted by Crippen LogP contribution is 2.41. The number of carbonyl (C=O) groups is 5. The van der Waals surface area contributed by atoms with Crippen LogP contribution in [0.5, 0.6) is 11.5 Å². The molecular weight excluding hydrogens is 772 g/mol. The molecule has 3 aromatic rings. The van der Waals surface area contributed by atoms with Gasteiger partial charge in [0.25, 0.3) is 17.7 Å². The van der Waals surface area contributed by atoms with Gasteiger partial charge in [0.2, 0.25) is 11.8 Å². The number of amides is 3. The summed E-state index contributed by atoms with van der Waals surface area (Å²) in [6.45, 7) is -0.433. The van der Waals surface area contributed by atoms with Crippen LogP contribution in [-0.2, 0) is 37.0 Å². The van der Waals surface area contributed by atoms with E-state index >= 15 is 0 Å². The number of nitrogens with two attached hydrogens (primary N) is 1. The van der Waals surface area contributed by atoms with E-state index in [0.29, 0.717) is 37.1 Å². The van der Waals surface area contributed by atoms with Crippen LogP contribution < -0.4 is 20.5 Å². The SMILES string of the molecule is Nc1nc(/C(=N/O[C@@H](CN=O)C(=O)O)C(=O)N[C@@H]2C(=O)N3C(C(=O)O)=C(C[n+]4cccc5c4CCCCN5C(=O)c4ccc(O)c(O)c4Cl)CS[C@H]23)cs1. The van der Waals surface area contributed by atoms with Crippen molar-refractivity contribution in [1.29, 1.82) is 0 Å². The van der Waals surface area contributed by atoms with Gasteiger partial charge in [-0.15, -0.1) is 23.1 Å². The van der Waals surface area contributed by atoms with Gasteiger partial charge >= 0.3 is 11.9 Å². The van der Waals surface area contributed by atoms with Gasteiger partial charge in [-0.05, 0) is 31.0 Å². The Hall–Kier alpha value is -5.80. The number of benzene rings is 1. The molecule has 3 aliphatic rings. The molecule has 19 nitrogen and oxygen atoms in total. The predicted octanol–water partition coefficient (Wildman–Crippen LogP) is 1.44. The van der Waals surface area contributed by atoms with Crippen LogP contribution in [0.3, 0.4) is 0 Å². The van der Waals surface area contributed by atoms with Gasteiger partial charge in [0.1, 0.15) is 35.0 Å². The first-order valence-corrected chi connectivity index (χ1v) is 18.3. The summed E-state index contributed by atoms with van der Waals surface area (Å²) in [6, 6.07) is 4.73. The van der Waals surface area contributed by atoms with E-state index in [2.05, 4.69) is 20.6 Å². The van der Waals surface area contributed by atoms with Gasteiger partial charge in [0.15, 0.2) is 35.1 Å². The first kappa shape index (κ1) is 37.9. The Morgan fingerprint density at radius 3 is 2.65 bits per heavy atom. The van der Waals surface area contributed by atoms with E-state index in [4.69, 9.17) is 22.2 Å². The van der Waals surface area contributed by atoms with Gasteiger partial charge in [0, 0.05) is 35.7 Å². The lowest BCUT2D eigenvalue weighted by Crippen LogP contribution is -2.71. The fraction of sp³-hybridized carbons (Fsp3) is 0.312. The van der Waals surface area contributed by atoms with Crippen LogP contribution in [0.2, 0.25) is 5.02 Å². The van der Waals surface area contributed by atoms with Crippen LogP contribution in [0.1, 0.15) is 34.6 Å². The number of nitroso groups, excluding NO2 is 1. The minimum absolute atomic E-state index is 0.0139. The number of nitrogen functional groups attached to an aromatic ring is 1. The molecule has 0 saturated carbocycles. The summed E-state index contributed by atoms with van der Waals surface area (Å²) in [4.78, 5) is 86.9. The number of pyridine rings is 1. The van der Waals surface area contributed by atoms with E-state index < -0.39 is 70.9 Å². The number of phenolic OH excluding ortho intramolecular Hbond substituents is 2. The summed E-state index contributed by atoms with van der Waals surface area (Å²) in [6.07, 6.45) is 1.78. The largest absolute Gasteiger partial charge is 0.504 e. The lowest BCUT2D eigenvalue weighted by atomic mass is 10.0. The number of anilines is 2. The Morgan fingerprint density at radius 2 is 1.96 bits per heavy atom. The van der Waals surface area contributed by atoms with Crippen molar-refractivity contribution in [3.05, 3.63) is 74.0 Å². The number of oxime groups is 1. The number of aromatic hydroxyl groups is 2. The molecule has 22 heteroatoms. The molecule has 0 unspecified atom stereocenters. The van der Waals surface area contributed by atoms with E-state index in [-0.39, 0.29) is 39.4 Å². The first-order chi connectivity index (χ1) is 25.8. The van der Waals surface area contributed by atoms with E-state index in [1.54, 1.807) is 18.3 Å². The molecule has 3 amide bonds. The molecule has 6 rings (SSSR count). The summed E-state index contributed by atoms with van der Waals surface area (Å²) in [5.41, 5.74) is 6.44. The van der Waals surface area contributed by atoms with Crippen LogP contribution >= 0.6 is 34.7 Å². The Kier molecular flexibility index (Phi) is 11.0. The minimum Gasteiger partial charge on any atom is -0.504 e. The zero-order chi connectivity index (χ0) is 38.8. The Bertz CT molecular complexity index is 2140. The Balaban J connectivity index is 1.24. The highest BCUT2D eigenvalue weighted by molar-refractivity contribution is 8.00. The highest BCUT2D eigenvalue weighted by atomic mass is 35.5. The average Bonchev–Trinajstić information content (AvgIpc) is 3.45. The normalized spacial score (nSPS) is 18.8. The monoisotopic (exact) mass is 801 g/mol. The summed E-state index contributed by atoms with van der Waals surface area (Å²) in [5.74, 6) is -6.12. The molecule has 3 atom stereocenters. The number of β-lactam (4-membered cyclic amide) rings is 1. The van der Waals surface area contributed by atoms with E-state index in [0.717, 1.165) is 21.9 Å². The molecule has 1 aromatic carbocycles. The second-order valence-electron chi connectivity index (χ2n) is 12.0. The average molecular weight is 802 g/mol. The molecule has 7 N–H and O–H groups in total. The molecule has 0 radical (unpaired) electrons. The summed E-state index contributed by atoms with van der Waals surface area (Å²) in [5, 5.41) is 48.4. The summed E-state index contributed by atoms with van der Waals surface area (Å²) < 4.78 is 1.81. The highest BCUT2D eigenvalue weighted by Gasteiger charge is 2.55. The second kappa shape index (κ2) is 15.7. The number of carboxylic acid groups (broad SMARTS) is 2. The van der Waals surface area contributed by atoms with Gasteiger partial charge in [-0.2, -0.15) is 9.47 Å². The maximum absolute atomic E-state index is 13.7. The molecule has 54 heavy (non-hydrogen) atoms. The molecule has 0 bridgehead atoms. The Labute approximate surface area is 317 Å². The molecule has 282 valence electrons. The van der Waals surface area contributed by atoms with Gasteiger partial charge in [-0.25, -0.2) is 14.6 Å². The van der Waals surface area contributed by atoms with Crippen molar-refractivity contribution < 1.29 is 53.8 Å². The van der Waals surface area contributed by atoms with Gasteiger partial charge in [0.05, 0.1) is 10.6 Å². The maximum Gasteiger partial charge on any atom is 0.352 e. The third kappa shape index (κ3) is 7.24. The number of thiazole rings is 1. The third-order valence-corrected chi connectivity index (χ3v) is 11.1. The zero-order valence-electron chi connectivity index (χ0n) is 27.7. The van der Waals surface area contributed by atoms with Crippen molar-refractivity contribution in [3.63, 3.8) is 0 Å². The Morgan fingerprint density at radius 1 is 1.19 bits per heavy atom. The predicted molar refractivity (Wildman–Crippen MR) is 192 cm³/mol. The number of nitrogens with zero attached hydrogens (tertiary/aromatic N) is 6. The van der Waals surface area contributed by atoms with E-state index in [1.807, 2.05) is 4.57 Å². The van der Waals surface area contributed by atoms with Crippen molar-refractivity contribution in [1.82, 2.24) is 15.2 Å². The van der Waals surface area contributed by atoms with Crippen molar-refractivity contribution in [2.24, 2.45) is 10.3 Å². The molecule has 2 aromatic heterocycles. The fourth-order valence-electron chi connectivity index (χ4n) is 6.16. The molecule has 1 fully saturated rings. The van der Waals surface area contributed by atoms with E-state index in [9.17, 15) is 49.3 Å². The fourth-order valence-corrected chi connectivity index (χ4v) is 8.28. The molecular formula is C32H30ClN8O11S2+. The minimum atomic E-state index is -1.81. The number of rotatable bonds is 12. The number of phenols is 2. The van der Waals surface area contributed by atoms with E-state index in [1.165, 1.54) is 34.2 Å². The lowest BCUT2D eigenvalue weighted by Gasteiger charge is -2.49. The number of carbonyl (C=O) groups excluding carboxylic acids is 3. The number of halogens is 1. The van der Waals surface area contributed by atoms with Crippen molar-refractivity contribution in [3.8, 4) is 11.5 Å². The van der Waals surface area contributed by atoms with Crippen molar-refractivity contribution in [2.75, 3.05) is 29.5 Å². The van der Waals surface area contributed by atoms with Crippen LogP contribution in [0, 0.1) is 4.91 Å². The van der Waals surface area contributed by atoms with Crippen LogP contribution in [-0.4, -0.2) is 102 Å². The smallest absolute Gasteiger partial charge is 0.352 e. The maximum atomic E-state index is 13.7. The number of thioether (sulfide) groups is 1. The standard InChI is InChI=1S/C32H29ClN8O11S2/c33-21-15(6-7-19(42)25(21)43)27(45)40-9-2-1-4-17-18(40)5-3-8-39(17)11-14-12-53-29-23(28(46)41(29)24(14)31(49)50)37-26(44)22(16-13-54-32(34)36-16)38-52-20(10-35-51)30(47)48/h3,5-8,13,20,23,29H,1-2,4,9-12H2,(H6-,34,36,37,38,42,43,44,45,47,48,49,50)/p+1/t20-,23+,29+/m0/s1. The molecule has 5 heterocycles. The number of aliphatic carboxylic acids is 2. The lowest BCUT2D eigenvalue weighted by molar-refractivity contribution is -0.695. The number of nitrogens with one attached hydrogen (secondary N) is 1. The molecule has 3 aliphatic heterocycles. The number of carboxylic acids is 2. The number of aromatic nitrogens is 2. The van der Waals surface area contributed by atoms with Gasteiger partial charge in [-0.3, -0.25) is 19.3 Å². The van der Waals surface area contributed by atoms with Crippen LogP contribution in [0.25, 0.3) is 0 Å². The quantitative estimate of drug-likeness (QED) is 0.0378. The second-order valence-corrected chi connectivity index (χ2v) is 14.4. The summed E-state index contributed by atoms with van der Waals surface area (Å²) >= 11 is 8.38. The van der Waals surface area contributed by atoms with Gasteiger partial charge < -0.3 is 41.2 Å². The first-order valence-electron chi connectivity index (χ1n) is 16.0. The topological polar surface area (TPSA) is 279 Å². The van der Waals surface area contributed by atoms with Crippen LogP contribution in [0.15, 0.2) is 57.4 Å². The van der Waals surface area contributed by atoms with Crippen LogP contribution in [0.4, 0.5) is 10.8 Å². The number of hydrogen-bond donors (Lipinski definition) is 6. The zero-order valence-corrected chi connectivity index (χ0v) is 30.1. The number of fused-ring (bicyclic) bond motifs is 2. The molecule has 0 aliphatic carbocycles. The van der Waals surface area contributed by atoms with Crippen molar-refractivity contribution >= 4 is 80.9 Å². The summed E-state index contributed by atoms with van der Waals surface area (Å²) in [7, 11) is 0. The number of hydrogen-bond acceptors (Lipinski definition) is 15. The van der Waals surface area contributed by atoms with Gasteiger partial charge in [-0.1, -0.05) is 21.9 Å².